The number of anilines is 1. The third-order valence-corrected chi connectivity index (χ3v) is 6.66. The molecular weight excluding hydrogens is 382 g/mol. The molecule has 9 heteroatoms. The van der Waals surface area contributed by atoms with Crippen molar-refractivity contribution in [3.8, 4) is 0 Å². The number of aromatic nitrogens is 1. The van der Waals surface area contributed by atoms with Crippen LogP contribution in [0, 0.1) is 11.8 Å². The van der Waals surface area contributed by atoms with Gasteiger partial charge in [-0.3, -0.25) is 25.3 Å². The minimum Gasteiger partial charge on any atom is -0.358 e. The molecule has 1 saturated heterocycles. The average molecular weight is 410 g/mol. The van der Waals surface area contributed by atoms with E-state index in [0.29, 0.717) is 46.8 Å². The second-order valence-corrected chi connectivity index (χ2v) is 8.71. The predicted octanol–water partition coefficient (Wildman–Crippen LogP) is 2.13. The molecule has 0 spiro atoms. The molecule has 1 saturated carbocycles. The van der Waals surface area contributed by atoms with Crippen molar-refractivity contribution in [2.75, 3.05) is 11.4 Å². The first-order valence-electron chi connectivity index (χ1n) is 9.54. The summed E-state index contributed by atoms with van der Waals surface area (Å²) in [6, 6.07) is 0.338. The molecule has 1 aliphatic heterocycles. The fourth-order valence-electron chi connectivity index (χ4n) is 3.68. The van der Waals surface area contributed by atoms with Crippen LogP contribution in [0.1, 0.15) is 51.6 Å². The van der Waals surface area contributed by atoms with Crippen molar-refractivity contribution >= 4 is 45.6 Å². The Morgan fingerprint density at radius 1 is 1.33 bits per heavy atom. The maximum atomic E-state index is 12.1. The normalized spacial score (nSPS) is 25.3. The Hall–Kier alpha value is -1.74. The summed E-state index contributed by atoms with van der Waals surface area (Å²) in [5, 5.41) is 6.25. The maximum absolute atomic E-state index is 12.1. The van der Waals surface area contributed by atoms with Crippen molar-refractivity contribution in [3.05, 3.63) is 11.1 Å². The average Bonchev–Trinajstić information content (AvgIpc) is 3.26. The van der Waals surface area contributed by atoms with Crippen LogP contribution in [0.2, 0.25) is 0 Å². The van der Waals surface area contributed by atoms with Gasteiger partial charge in [0, 0.05) is 24.4 Å². The van der Waals surface area contributed by atoms with Crippen LogP contribution in [0.3, 0.4) is 0 Å². The first-order chi connectivity index (χ1) is 12.9. The van der Waals surface area contributed by atoms with E-state index < -0.39 is 0 Å². The standard InChI is InChI=1S/C18H27N5O2S2/c1-11-5-3-6-14(12(11)2)20-17(26)22-21-15(24)9-13-10-27-18(19-13)23-8-4-7-16(23)25/h10-12,14H,3-9H2,1-2H3,(H,21,24)(H2,20,22,26)/t11-,12+,14+/m0/s1. The molecule has 0 aromatic carbocycles. The van der Waals surface area contributed by atoms with Gasteiger partial charge >= 0.3 is 0 Å². The van der Waals surface area contributed by atoms with E-state index in [-0.39, 0.29) is 18.2 Å². The first-order valence-corrected chi connectivity index (χ1v) is 10.8. The number of hydrogen-bond donors (Lipinski definition) is 3. The molecule has 0 bridgehead atoms. The Balaban J connectivity index is 1.42. The van der Waals surface area contributed by atoms with E-state index in [1.54, 1.807) is 4.90 Å². The number of thiocarbonyl (C=S) groups is 1. The zero-order valence-corrected chi connectivity index (χ0v) is 17.4. The van der Waals surface area contributed by atoms with E-state index in [9.17, 15) is 9.59 Å². The van der Waals surface area contributed by atoms with Crippen LogP contribution in [0.25, 0.3) is 0 Å². The topological polar surface area (TPSA) is 86.4 Å². The lowest BCUT2D eigenvalue weighted by atomic mass is 9.78. The molecule has 1 aliphatic carbocycles. The lowest BCUT2D eigenvalue weighted by Gasteiger charge is -2.35. The van der Waals surface area contributed by atoms with Crippen molar-refractivity contribution < 1.29 is 9.59 Å². The van der Waals surface area contributed by atoms with Crippen LogP contribution in [-0.2, 0) is 16.0 Å². The molecule has 7 nitrogen and oxygen atoms in total. The van der Waals surface area contributed by atoms with Crippen molar-refractivity contribution in [3.63, 3.8) is 0 Å². The lowest BCUT2D eigenvalue weighted by molar-refractivity contribution is -0.121. The smallest absolute Gasteiger partial charge is 0.244 e. The summed E-state index contributed by atoms with van der Waals surface area (Å²) in [6.45, 7) is 5.22. The fraction of sp³-hybridized carbons (Fsp3) is 0.667. The van der Waals surface area contributed by atoms with Gasteiger partial charge in [-0.05, 0) is 36.9 Å². The number of thiazole rings is 1. The number of hydrogen-bond acceptors (Lipinski definition) is 5. The molecule has 3 N–H and O–H groups in total. The van der Waals surface area contributed by atoms with Crippen molar-refractivity contribution in [1.82, 2.24) is 21.2 Å². The molecule has 1 aromatic rings. The fourth-order valence-corrected chi connectivity index (χ4v) is 4.75. The van der Waals surface area contributed by atoms with Crippen LogP contribution in [0.15, 0.2) is 5.38 Å². The number of carbonyl (C=O) groups excluding carboxylic acids is 2. The van der Waals surface area contributed by atoms with E-state index in [1.807, 2.05) is 5.38 Å². The van der Waals surface area contributed by atoms with Gasteiger partial charge in [0.2, 0.25) is 11.8 Å². The first kappa shape index (κ1) is 20.0. The highest BCUT2D eigenvalue weighted by Gasteiger charge is 2.27. The Morgan fingerprint density at radius 2 is 2.15 bits per heavy atom. The highest BCUT2D eigenvalue weighted by atomic mass is 32.1. The predicted molar refractivity (Wildman–Crippen MR) is 110 cm³/mol. The van der Waals surface area contributed by atoms with Gasteiger partial charge in [-0.1, -0.05) is 26.7 Å². The number of nitrogens with one attached hydrogen (secondary N) is 3. The highest BCUT2D eigenvalue weighted by molar-refractivity contribution is 7.80. The summed E-state index contributed by atoms with van der Waals surface area (Å²) in [4.78, 5) is 30.0. The lowest BCUT2D eigenvalue weighted by Crippen LogP contribution is -2.52. The molecule has 27 heavy (non-hydrogen) atoms. The third kappa shape index (κ3) is 5.16. The summed E-state index contributed by atoms with van der Waals surface area (Å²) in [5.74, 6) is 1.12. The maximum Gasteiger partial charge on any atom is 0.244 e. The largest absolute Gasteiger partial charge is 0.358 e. The zero-order chi connectivity index (χ0) is 19.4. The Labute approximate surface area is 169 Å². The summed E-state index contributed by atoms with van der Waals surface area (Å²) in [6.07, 6.45) is 5.13. The monoisotopic (exact) mass is 409 g/mol. The van der Waals surface area contributed by atoms with E-state index in [4.69, 9.17) is 12.2 Å². The Kier molecular flexibility index (Phi) is 6.64. The van der Waals surface area contributed by atoms with Gasteiger partial charge in [0.1, 0.15) is 0 Å². The number of carbonyl (C=O) groups is 2. The Bertz CT molecular complexity index is 708. The van der Waals surface area contributed by atoms with Crippen LogP contribution in [0.4, 0.5) is 5.13 Å². The van der Waals surface area contributed by atoms with Crippen LogP contribution < -0.4 is 21.1 Å². The third-order valence-electron chi connectivity index (χ3n) is 5.52. The van der Waals surface area contributed by atoms with Gasteiger partial charge in [0.15, 0.2) is 10.2 Å². The van der Waals surface area contributed by atoms with Crippen molar-refractivity contribution in [2.45, 2.75) is 58.4 Å². The zero-order valence-electron chi connectivity index (χ0n) is 15.8. The van der Waals surface area contributed by atoms with E-state index in [0.717, 1.165) is 12.8 Å². The second kappa shape index (κ2) is 8.97. The summed E-state index contributed by atoms with van der Waals surface area (Å²) < 4.78 is 0. The molecule has 0 radical (unpaired) electrons. The molecular formula is C18H27N5O2S2. The molecule has 3 rings (SSSR count). The van der Waals surface area contributed by atoms with Gasteiger partial charge in [-0.15, -0.1) is 11.3 Å². The molecule has 2 heterocycles. The van der Waals surface area contributed by atoms with E-state index in [2.05, 4.69) is 35.0 Å². The SMILES string of the molecule is C[C@@H]1[C@@H](C)CCC[C@H]1NC(=S)NNC(=O)Cc1csc(N2CCCC2=O)n1. The van der Waals surface area contributed by atoms with Crippen LogP contribution >= 0.6 is 23.6 Å². The van der Waals surface area contributed by atoms with E-state index >= 15 is 0 Å². The van der Waals surface area contributed by atoms with Gasteiger partial charge in [-0.2, -0.15) is 0 Å². The van der Waals surface area contributed by atoms with Gasteiger partial charge in [-0.25, -0.2) is 4.98 Å². The van der Waals surface area contributed by atoms with Crippen molar-refractivity contribution in [1.29, 1.82) is 0 Å². The summed E-state index contributed by atoms with van der Waals surface area (Å²) in [5.41, 5.74) is 6.07. The molecule has 3 atom stereocenters. The minimum atomic E-state index is -0.214. The second-order valence-electron chi connectivity index (χ2n) is 7.47. The van der Waals surface area contributed by atoms with Crippen molar-refractivity contribution in [2.24, 2.45) is 11.8 Å². The van der Waals surface area contributed by atoms with Crippen LogP contribution in [-0.4, -0.2) is 34.5 Å². The quantitative estimate of drug-likeness (QED) is 0.522. The number of nitrogens with zero attached hydrogens (tertiary/aromatic N) is 2. The van der Waals surface area contributed by atoms with E-state index in [1.165, 1.54) is 24.2 Å². The Morgan fingerprint density at radius 3 is 2.89 bits per heavy atom. The van der Waals surface area contributed by atoms with Gasteiger partial charge in [0.25, 0.3) is 0 Å². The summed E-state index contributed by atoms with van der Waals surface area (Å²) in [7, 11) is 0. The number of rotatable bonds is 4. The van der Waals surface area contributed by atoms with Gasteiger partial charge < -0.3 is 5.32 Å². The van der Waals surface area contributed by atoms with Crippen LogP contribution in [0.5, 0.6) is 0 Å². The molecule has 2 fully saturated rings. The molecule has 2 amide bonds. The minimum absolute atomic E-state index is 0.102. The number of hydrazine groups is 1. The van der Waals surface area contributed by atoms with Gasteiger partial charge in [0.05, 0.1) is 12.1 Å². The number of amides is 2. The molecule has 0 unspecified atom stereocenters. The summed E-state index contributed by atoms with van der Waals surface area (Å²) >= 11 is 6.70. The molecule has 1 aromatic heterocycles. The molecule has 2 aliphatic rings. The highest BCUT2D eigenvalue weighted by Crippen LogP contribution is 2.29. The molecule has 148 valence electrons.